The first-order chi connectivity index (χ1) is 18.0. The van der Waals surface area contributed by atoms with E-state index in [1.807, 2.05) is 24.3 Å². The lowest BCUT2D eigenvalue weighted by molar-refractivity contribution is -0.127. The van der Waals surface area contributed by atoms with Gasteiger partial charge in [-0.05, 0) is 66.9 Å². The Morgan fingerprint density at radius 2 is 1.84 bits per heavy atom. The third-order valence-electron chi connectivity index (χ3n) is 6.70. The Labute approximate surface area is 214 Å². The topological polar surface area (TPSA) is 89.4 Å². The predicted molar refractivity (Wildman–Crippen MR) is 138 cm³/mol. The molecule has 2 amide bonds. The van der Waals surface area contributed by atoms with Crippen LogP contribution >= 0.6 is 0 Å². The molecule has 190 valence electrons. The minimum atomic E-state index is -1.01. The van der Waals surface area contributed by atoms with Crippen molar-refractivity contribution in [1.82, 2.24) is 20.3 Å². The Balaban J connectivity index is 1.58. The van der Waals surface area contributed by atoms with E-state index in [0.717, 1.165) is 25.7 Å². The number of aromatic nitrogens is 3. The van der Waals surface area contributed by atoms with Crippen molar-refractivity contribution in [2.45, 2.75) is 44.3 Å². The maximum atomic E-state index is 14.0. The molecule has 8 nitrogen and oxygen atoms in total. The molecule has 1 heterocycles. The fraction of sp³-hybridized carbons (Fsp3) is 0.286. The number of ether oxygens (including phenoxy) is 1. The minimum absolute atomic E-state index is 0.0463. The Kier molecular flexibility index (Phi) is 7.11. The van der Waals surface area contributed by atoms with Crippen LogP contribution in [0.25, 0.3) is 11.0 Å². The van der Waals surface area contributed by atoms with Gasteiger partial charge in [-0.1, -0.05) is 42.3 Å². The number of benzene rings is 3. The molecule has 37 heavy (non-hydrogen) atoms. The minimum Gasteiger partial charge on any atom is -0.497 e. The van der Waals surface area contributed by atoms with E-state index in [1.165, 1.54) is 33.8 Å². The smallest absolute Gasteiger partial charge is 0.249 e. The van der Waals surface area contributed by atoms with Crippen molar-refractivity contribution in [2.75, 3.05) is 12.0 Å². The number of rotatable bonds is 8. The Morgan fingerprint density at radius 3 is 2.59 bits per heavy atom. The molecule has 9 heteroatoms. The Hall–Kier alpha value is -4.27. The SMILES string of the molecule is COc1cccc([C@H](C(=O)NC2CCCC2)N(C(=O)Cn2nnc3ccccc32)c2ccc(F)cc2)c1. The first-order valence-electron chi connectivity index (χ1n) is 12.3. The molecule has 4 aromatic rings. The number of para-hydroxylation sites is 1. The molecule has 0 bridgehead atoms. The van der Waals surface area contributed by atoms with E-state index in [4.69, 9.17) is 4.74 Å². The van der Waals surface area contributed by atoms with Gasteiger partial charge in [0.15, 0.2) is 0 Å². The number of methoxy groups -OCH3 is 1. The van der Waals surface area contributed by atoms with Crippen LogP contribution in [0.2, 0.25) is 0 Å². The van der Waals surface area contributed by atoms with Crippen molar-refractivity contribution in [3.63, 3.8) is 0 Å². The average Bonchev–Trinajstić information content (AvgIpc) is 3.58. The number of carbonyl (C=O) groups excluding carboxylic acids is 2. The van der Waals surface area contributed by atoms with Crippen LogP contribution in [-0.2, 0) is 16.1 Å². The number of amides is 2. The van der Waals surface area contributed by atoms with Crippen LogP contribution in [0.4, 0.5) is 10.1 Å². The number of hydrogen-bond donors (Lipinski definition) is 1. The van der Waals surface area contributed by atoms with Crippen LogP contribution < -0.4 is 15.0 Å². The first kappa shape index (κ1) is 24.4. The van der Waals surface area contributed by atoms with Gasteiger partial charge in [0.25, 0.3) is 0 Å². The lowest BCUT2D eigenvalue weighted by atomic mass is 10.0. The van der Waals surface area contributed by atoms with Gasteiger partial charge in [-0.2, -0.15) is 0 Å². The summed E-state index contributed by atoms with van der Waals surface area (Å²) in [6.45, 7) is -0.158. The number of carbonyl (C=O) groups is 2. The zero-order valence-corrected chi connectivity index (χ0v) is 20.5. The van der Waals surface area contributed by atoms with Gasteiger partial charge in [0.05, 0.1) is 12.6 Å². The highest BCUT2D eigenvalue weighted by Gasteiger charge is 2.35. The molecule has 1 aliphatic carbocycles. The van der Waals surface area contributed by atoms with E-state index >= 15 is 0 Å². The number of nitrogens with zero attached hydrogens (tertiary/aromatic N) is 4. The zero-order chi connectivity index (χ0) is 25.8. The first-order valence-corrected chi connectivity index (χ1v) is 12.3. The molecule has 1 aromatic heterocycles. The van der Waals surface area contributed by atoms with Gasteiger partial charge >= 0.3 is 0 Å². The van der Waals surface area contributed by atoms with Crippen molar-refractivity contribution in [3.05, 3.63) is 84.2 Å². The molecule has 1 fully saturated rings. The van der Waals surface area contributed by atoms with Crippen LogP contribution in [-0.4, -0.2) is 40.0 Å². The second kappa shape index (κ2) is 10.8. The molecular weight excluding hydrogens is 473 g/mol. The highest BCUT2D eigenvalue weighted by Crippen LogP contribution is 2.31. The summed E-state index contributed by atoms with van der Waals surface area (Å²) < 4.78 is 20.8. The highest BCUT2D eigenvalue weighted by molar-refractivity contribution is 6.01. The summed E-state index contributed by atoms with van der Waals surface area (Å²) in [7, 11) is 1.55. The normalized spacial score (nSPS) is 14.4. The van der Waals surface area contributed by atoms with E-state index in [2.05, 4.69) is 15.6 Å². The predicted octanol–water partition coefficient (Wildman–Crippen LogP) is 4.41. The van der Waals surface area contributed by atoms with Gasteiger partial charge in [0.1, 0.15) is 29.7 Å². The summed E-state index contributed by atoms with van der Waals surface area (Å²) in [5.41, 5.74) is 2.33. The average molecular weight is 502 g/mol. The third kappa shape index (κ3) is 5.30. The number of halogens is 1. The van der Waals surface area contributed by atoms with Gasteiger partial charge < -0.3 is 10.1 Å². The van der Waals surface area contributed by atoms with Crippen molar-refractivity contribution >= 4 is 28.5 Å². The molecule has 0 aliphatic heterocycles. The summed E-state index contributed by atoms with van der Waals surface area (Å²) >= 11 is 0. The van der Waals surface area contributed by atoms with E-state index in [9.17, 15) is 14.0 Å². The third-order valence-corrected chi connectivity index (χ3v) is 6.70. The molecule has 3 aromatic carbocycles. The molecule has 1 N–H and O–H groups in total. The van der Waals surface area contributed by atoms with Crippen LogP contribution in [0.5, 0.6) is 5.75 Å². The van der Waals surface area contributed by atoms with Crippen LogP contribution in [0, 0.1) is 5.82 Å². The summed E-state index contributed by atoms with van der Waals surface area (Å²) in [5, 5.41) is 11.4. The molecule has 0 saturated heterocycles. The summed E-state index contributed by atoms with van der Waals surface area (Å²) in [5.74, 6) is -0.574. The monoisotopic (exact) mass is 501 g/mol. The quantitative estimate of drug-likeness (QED) is 0.386. The zero-order valence-electron chi connectivity index (χ0n) is 20.5. The second-order valence-corrected chi connectivity index (χ2v) is 9.15. The fourth-order valence-electron chi connectivity index (χ4n) is 4.86. The molecule has 0 unspecified atom stereocenters. The molecule has 1 atom stereocenters. The van der Waals surface area contributed by atoms with Gasteiger partial charge in [-0.15, -0.1) is 5.10 Å². The Bertz CT molecular complexity index is 1400. The summed E-state index contributed by atoms with van der Waals surface area (Å²) in [6, 6.07) is 19.0. The van der Waals surface area contributed by atoms with E-state index in [1.54, 1.807) is 31.4 Å². The van der Waals surface area contributed by atoms with Crippen molar-refractivity contribution in [3.8, 4) is 5.75 Å². The standard InChI is InChI=1S/C28H28FN5O3/c1-37-23-10-6-7-19(17-23)27(28(36)30-21-8-2-3-9-21)34(22-15-13-20(29)14-16-22)26(35)18-33-25-12-5-4-11-24(25)31-32-33/h4-7,10-17,21,27H,2-3,8-9,18H2,1H3,(H,30,36)/t27-/m1/s1. The number of anilines is 1. The van der Waals surface area contributed by atoms with Crippen LogP contribution in [0.3, 0.4) is 0 Å². The Morgan fingerprint density at radius 1 is 1.08 bits per heavy atom. The number of fused-ring (bicyclic) bond motifs is 1. The van der Waals surface area contributed by atoms with Gasteiger partial charge in [-0.25, -0.2) is 9.07 Å². The van der Waals surface area contributed by atoms with E-state index < -0.39 is 17.8 Å². The molecule has 0 spiro atoms. The lowest BCUT2D eigenvalue weighted by Crippen LogP contribution is -2.47. The van der Waals surface area contributed by atoms with Crippen molar-refractivity contribution in [2.24, 2.45) is 0 Å². The molecule has 1 saturated carbocycles. The lowest BCUT2D eigenvalue weighted by Gasteiger charge is -2.32. The largest absolute Gasteiger partial charge is 0.497 e. The van der Waals surface area contributed by atoms with E-state index in [0.29, 0.717) is 28.0 Å². The second-order valence-electron chi connectivity index (χ2n) is 9.15. The van der Waals surface area contributed by atoms with Crippen molar-refractivity contribution in [1.29, 1.82) is 0 Å². The van der Waals surface area contributed by atoms with Gasteiger partial charge in [0.2, 0.25) is 11.8 Å². The summed E-state index contributed by atoms with van der Waals surface area (Å²) in [4.78, 5) is 29.2. The molecule has 0 radical (unpaired) electrons. The highest BCUT2D eigenvalue weighted by atomic mass is 19.1. The van der Waals surface area contributed by atoms with Crippen LogP contribution in [0.1, 0.15) is 37.3 Å². The maximum Gasteiger partial charge on any atom is 0.249 e. The number of hydrogen-bond acceptors (Lipinski definition) is 5. The van der Waals surface area contributed by atoms with E-state index in [-0.39, 0.29) is 18.5 Å². The van der Waals surface area contributed by atoms with Crippen molar-refractivity contribution < 1.29 is 18.7 Å². The number of nitrogens with one attached hydrogen (secondary N) is 1. The molecule has 5 rings (SSSR count). The fourth-order valence-corrected chi connectivity index (χ4v) is 4.86. The summed E-state index contributed by atoms with van der Waals surface area (Å²) in [6.07, 6.45) is 3.89. The van der Waals surface area contributed by atoms with Crippen LogP contribution in [0.15, 0.2) is 72.8 Å². The van der Waals surface area contributed by atoms with Gasteiger partial charge in [0, 0.05) is 11.7 Å². The maximum absolute atomic E-state index is 14.0. The molecule has 1 aliphatic rings. The van der Waals surface area contributed by atoms with Gasteiger partial charge in [-0.3, -0.25) is 14.5 Å². The molecular formula is C28H28FN5O3.